The normalized spacial score (nSPS) is 24.7. The quantitative estimate of drug-likeness (QED) is 0.675. The van der Waals surface area contributed by atoms with Gasteiger partial charge in [-0.15, -0.1) is 11.3 Å². The fourth-order valence-corrected chi connectivity index (χ4v) is 4.99. The van der Waals surface area contributed by atoms with Gasteiger partial charge in [0.15, 0.2) is 0 Å². The molecule has 8 nitrogen and oxygen atoms in total. The molecule has 4 heterocycles. The van der Waals surface area contributed by atoms with Crippen LogP contribution in [0.25, 0.3) is 0 Å². The third kappa shape index (κ3) is 3.81. The summed E-state index contributed by atoms with van der Waals surface area (Å²) in [5.41, 5.74) is 0.959. The molecule has 2 aliphatic heterocycles. The summed E-state index contributed by atoms with van der Waals surface area (Å²) in [6.45, 7) is 4.07. The smallest absolute Gasteiger partial charge is 0.271 e. The van der Waals surface area contributed by atoms with Gasteiger partial charge in [-0.1, -0.05) is 0 Å². The lowest BCUT2D eigenvalue weighted by molar-refractivity contribution is -0.133. The lowest BCUT2D eigenvalue weighted by Gasteiger charge is -2.40. The van der Waals surface area contributed by atoms with Crippen molar-refractivity contribution in [3.8, 4) is 0 Å². The van der Waals surface area contributed by atoms with E-state index in [1.54, 1.807) is 17.9 Å². The number of piperidine rings is 1. The molecule has 9 heteroatoms. The molecular weight excluding hydrogens is 376 g/mol. The number of thiazole rings is 1. The van der Waals surface area contributed by atoms with Crippen LogP contribution in [0, 0.1) is 6.92 Å². The first kappa shape index (κ1) is 19.1. The van der Waals surface area contributed by atoms with Crippen LogP contribution in [-0.4, -0.2) is 62.9 Å². The number of aromatic amines is 1. The molecular formula is C19H26N6O2S. The van der Waals surface area contributed by atoms with Crippen LogP contribution in [0.4, 0.5) is 0 Å². The summed E-state index contributed by atoms with van der Waals surface area (Å²) >= 11 is 1.47. The summed E-state index contributed by atoms with van der Waals surface area (Å²) in [6.07, 6.45) is 7.77. The number of nitrogens with zero attached hydrogens (tertiary/aromatic N) is 3. The molecule has 2 aromatic heterocycles. The van der Waals surface area contributed by atoms with Gasteiger partial charge in [-0.3, -0.25) is 14.5 Å². The minimum atomic E-state index is -0.512. The molecule has 0 spiro atoms. The van der Waals surface area contributed by atoms with Crippen LogP contribution < -0.4 is 10.6 Å². The summed E-state index contributed by atoms with van der Waals surface area (Å²) in [4.78, 5) is 39.2. The summed E-state index contributed by atoms with van der Waals surface area (Å²) in [7, 11) is 0. The number of aryl methyl sites for hydroxylation is 1. The molecule has 2 fully saturated rings. The van der Waals surface area contributed by atoms with E-state index in [0.717, 1.165) is 42.9 Å². The van der Waals surface area contributed by atoms with E-state index in [-0.39, 0.29) is 17.9 Å². The van der Waals surface area contributed by atoms with E-state index < -0.39 is 5.54 Å². The average Bonchev–Trinajstić information content (AvgIpc) is 3.41. The Kier molecular flexibility index (Phi) is 5.45. The zero-order valence-corrected chi connectivity index (χ0v) is 16.8. The molecule has 28 heavy (non-hydrogen) atoms. The van der Waals surface area contributed by atoms with Crippen molar-refractivity contribution in [1.29, 1.82) is 0 Å². The van der Waals surface area contributed by atoms with E-state index in [4.69, 9.17) is 0 Å². The largest absolute Gasteiger partial charge is 0.354 e. The lowest BCUT2D eigenvalue weighted by atomic mass is 9.84. The molecule has 2 saturated heterocycles. The number of aromatic nitrogens is 3. The van der Waals surface area contributed by atoms with Crippen LogP contribution in [0.2, 0.25) is 0 Å². The van der Waals surface area contributed by atoms with E-state index >= 15 is 0 Å². The summed E-state index contributed by atoms with van der Waals surface area (Å²) < 4.78 is 0. The van der Waals surface area contributed by atoms with Crippen molar-refractivity contribution >= 4 is 23.2 Å². The van der Waals surface area contributed by atoms with E-state index in [2.05, 4.69) is 30.5 Å². The van der Waals surface area contributed by atoms with Gasteiger partial charge in [-0.2, -0.15) is 0 Å². The highest BCUT2D eigenvalue weighted by Gasteiger charge is 2.52. The first-order chi connectivity index (χ1) is 13.6. The summed E-state index contributed by atoms with van der Waals surface area (Å²) in [6, 6.07) is -0.0361. The summed E-state index contributed by atoms with van der Waals surface area (Å²) in [5, 5.41) is 8.86. The van der Waals surface area contributed by atoms with Gasteiger partial charge in [0.05, 0.1) is 11.3 Å². The van der Waals surface area contributed by atoms with Gasteiger partial charge >= 0.3 is 0 Å². The molecule has 0 saturated carbocycles. The Bertz CT molecular complexity index is 835. The van der Waals surface area contributed by atoms with Crippen LogP contribution in [-0.2, 0) is 11.2 Å². The number of rotatable bonds is 6. The highest BCUT2D eigenvalue weighted by Crippen LogP contribution is 2.38. The Morgan fingerprint density at radius 3 is 3.07 bits per heavy atom. The second-order valence-corrected chi connectivity index (χ2v) is 8.71. The van der Waals surface area contributed by atoms with Gasteiger partial charge in [-0.25, -0.2) is 9.97 Å². The molecule has 3 N–H and O–H groups in total. The fraction of sp³-hybridized carbons (Fsp3) is 0.579. The lowest BCUT2D eigenvalue weighted by Crippen LogP contribution is -2.57. The molecule has 0 unspecified atom stereocenters. The van der Waals surface area contributed by atoms with Crippen molar-refractivity contribution in [3.63, 3.8) is 0 Å². The maximum Gasteiger partial charge on any atom is 0.271 e. The predicted molar refractivity (Wildman–Crippen MR) is 106 cm³/mol. The van der Waals surface area contributed by atoms with Gasteiger partial charge in [0.1, 0.15) is 11.2 Å². The number of carbonyl (C=O) groups excluding carboxylic acids is 2. The number of amides is 2. The fourth-order valence-electron chi connectivity index (χ4n) is 4.40. The van der Waals surface area contributed by atoms with E-state index in [1.165, 1.54) is 11.3 Å². The predicted octanol–water partition coefficient (Wildman–Crippen LogP) is 1.26. The minimum absolute atomic E-state index is 0.0361. The number of imidazole rings is 1. The number of hydrogen-bond donors (Lipinski definition) is 3. The molecule has 150 valence electrons. The Balaban J connectivity index is 1.39. The van der Waals surface area contributed by atoms with Crippen molar-refractivity contribution in [1.82, 2.24) is 30.5 Å². The molecule has 2 amide bonds. The Labute approximate surface area is 168 Å². The third-order valence-corrected chi connectivity index (χ3v) is 6.52. The molecule has 0 bridgehead atoms. The second-order valence-electron chi connectivity index (χ2n) is 7.64. The molecule has 0 radical (unpaired) electrons. The van der Waals surface area contributed by atoms with Gasteiger partial charge in [0.2, 0.25) is 5.91 Å². The average molecular weight is 403 g/mol. The first-order valence-electron chi connectivity index (χ1n) is 9.80. The van der Waals surface area contributed by atoms with Crippen LogP contribution in [0.1, 0.15) is 46.9 Å². The molecule has 4 rings (SSSR count). The first-order valence-corrected chi connectivity index (χ1v) is 10.7. The Morgan fingerprint density at radius 1 is 1.43 bits per heavy atom. The zero-order valence-electron chi connectivity index (χ0n) is 16.0. The Hall–Kier alpha value is -2.26. The summed E-state index contributed by atoms with van der Waals surface area (Å²) in [5.74, 6) is -0.0723. The maximum absolute atomic E-state index is 13.1. The van der Waals surface area contributed by atoms with Crippen LogP contribution >= 0.6 is 11.3 Å². The second kappa shape index (κ2) is 8.00. The monoisotopic (exact) mass is 402 g/mol. The number of fused-ring (bicyclic) bond motifs is 1. The molecule has 2 aliphatic rings. The van der Waals surface area contributed by atoms with Gasteiger partial charge in [0, 0.05) is 42.8 Å². The van der Waals surface area contributed by atoms with Gasteiger partial charge in [-0.05, 0) is 39.2 Å². The number of nitrogens with one attached hydrogen (secondary N) is 3. The topological polar surface area (TPSA) is 103 Å². The highest BCUT2D eigenvalue weighted by molar-refractivity contribution is 7.09. The van der Waals surface area contributed by atoms with Crippen LogP contribution in [0.5, 0.6) is 0 Å². The van der Waals surface area contributed by atoms with Crippen molar-refractivity contribution in [2.75, 3.05) is 19.6 Å². The Morgan fingerprint density at radius 2 is 2.32 bits per heavy atom. The minimum Gasteiger partial charge on any atom is -0.354 e. The van der Waals surface area contributed by atoms with Crippen molar-refractivity contribution in [2.45, 2.75) is 50.6 Å². The molecule has 0 aliphatic carbocycles. The molecule has 0 aromatic carbocycles. The maximum atomic E-state index is 13.1. The SMILES string of the molecule is Cc1nc(C(=O)N[C@@H]2CN3CCCC[C@]3(C(=O)NCCc3cnc[nH]3)C2)cs1. The molecule has 2 aromatic rings. The van der Waals surface area contributed by atoms with Gasteiger partial charge < -0.3 is 15.6 Å². The number of H-pyrrole nitrogens is 1. The van der Waals surface area contributed by atoms with Crippen LogP contribution in [0.3, 0.4) is 0 Å². The van der Waals surface area contributed by atoms with Crippen molar-refractivity contribution in [3.05, 3.63) is 34.3 Å². The van der Waals surface area contributed by atoms with Crippen molar-refractivity contribution < 1.29 is 9.59 Å². The zero-order chi connectivity index (χ0) is 19.6. The number of hydrogen-bond acceptors (Lipinski definition) is 6. The third-order valence-electron chi connectivity index (χ3n) is 5.74. The molecule has 2 atom stereocenters. The van der Waals surface area contributed by atoms with E-state index in [9.17, 15) is 9.59 Å². The standard InChI is InChI=1S/C19H26N6O2S/c1-13-23-16(11-28-13)17(26)24-15-8-19(5-2-3-7-25(19)10-15)18(27)21-6-4-14-9-20-12-22-14/h9,11-12,15H,2-8,10H2,1H3,(H,20,22)(H,21,27)(H,24,26)/t15-,19+/m0/s1. The van der Waals surface area contributed by atoms with Crippen molar-refractivity contribution in [2.24, 2.45) is 0 Å². The van der Waals surface area contributed by atoms with E-state index in [0.29, 0.717) is 25.2 Å². The van der Waals surface area contributed by atoms with Gasteiger partial charge in [0.25, 0.3) is 5.91 Å². The number of carbonyl (C=O) groups is 2. The van der Waals surface area contributed by atoms with E-state index in [1.807, 2.05) is 6.92 Å². The highest BCUT2D eigenvalue weighted by atomic mass is 32.1. The van der Waals surface area contributed by atoms with Crippen LogP contribution in [0.15, 0.2) is 17.9 Å².